The van der Waals surface area contributed by atoms with Crippen molar-refractivity contribution in [2.75, 3.05) is 0 Å². The quantitative estimate of drug-likeness (QED) is 0.839. The molecule has 1 N–H and O–H groups in total. The average molecular weight is 214 g/mol. The number of rotatable bonds is 3. The van der Waals surface area contributed by atoms with Crippen LogP contribution in [-0.4, -0.2) is 6.04 Å². The number of hydrogen-bond donors (Lipinski definition) is 1. The zero-order valence-electron chi connectivity index (χ0n) is 9.74. The van der Waals surface area contributed by atoms with Gasteiger partial charge in [-0.15, -0.1) is 0 Å². The van der Waals surface area contributed by atoms with Gasteiger partial charge in [-0.05, 0) is 31.7 Å². The highest BCUT2D eigenvalue weighted by molar-refractivity contribution is 5.21. The molecule has 2 nitrogen and oxygen atoms in total. The molecule has 2 heteroatoms. The number of nitriles is 1. The number of benzene rings is 1. The molecule has 84 valence electrons. The monoisotopic (exact) mass is 214 g/mol. The fourth-order valence-corrected chi connectivity index (χ4v) is 2.25. The van der Waals surface area contributed by atoms with Gasteiger partial charge in [0.25, 0.3) is 0 Å². The van der Waals surface area contributed by atoms with Crippen molar-refractivity contribution in [3.63, 3.8) is 0 Å². The minimum Gasteiger partial charge on any atom is -0.310 e. The van der Waals surface area contributed by atoms with E-state index in [-0.39, 0.29) is 5.92 Å². The number of nitrogens with one attached hydrogen (secondary N) is 1. The van der Waals surface area contributed by atoms with Crippen LogP contribution in [0, 0.1) is 24.2 Å². The van der Waals surface area contributed by atoms with E-state index in [9.17, 15) is 0 Å². The molecule has 0 spiro atoms. The second-order valence-electron chi connectivity index (χ2n) is 4.70. The molecule has 0 radical (unpaired) electrons. The molecule has 2 rings (SSSR count). The van der Waals surface area contributed by atoms with Crippen molar-refractivity contribution in [3.05, 3.63) is 35.4 Å². The molecular formula is C14H18N2. The molecule has 0 saturated heterocycles. The Balaban J connectivity index is 1.80. The van der Waals surface area contributed by atoms with Crippen LogP contribution in [0.5, 0.6) is 0 Å². The van der Waals surface area contributed by atoms with Crippen LogP contribution in [-0.2, 0) is 6.54 Å². The van der Waals surface area contributed by atoms with E-state index in [0.29, 0.717) is 6.04 Å². The topological polar surface area (TPSA) is 35.8 Å². The Morgan fingerprint density at radius 2 is 2.06 bits per heavy atom. The summed E-state index contributed by atoms with van der Waals surface area (Å²) < 4.78 is 0. The van der Waals surface area contributed by atoms with Crippen molar-refractivity contribution in [1.29, 1.82) is 5.26 Å². The van der Waals surface area contributed by atoms with Gasteiger partial charge in [0.05, 0.1) is 6.07 Å². The normalized spacial score (nSPS) is 24.2. The van der Waals surface area contributed by atoms with E-state index in [1.54, 1.807) is 0 Å². The average Bonchev–Trinajstić information content (AvgIpc) is 2.76. The Kier molecular flexibility index (Phi) is 3.58. The van der Waals surface area contributed by atoms with Crippen LogP contribution in [0.1, 0.15) is 30.4 Å². The maximum Gasteiger partial charge on any atom is 0.0656 e. The second-order valence-corrected chi connectivity index (χ2v) is 4.70. The standard InChI is InChI=1S/C14H18N2/c1-11-2-4-12(5-3-11)10-16-14-7-6-13(8-14)9-15/h2-5,13-14,16H,6-8,10H2,1H3/t13-,14+/m1/s1. The lowest BCUT2D eigenvalue weighted by molar-refractivity contribution is 0.515. The zero-order chi connectivity index (χ0) is 11.4. The molecule has 16 heavy (non-hydrogen) atoms. The minimum absolute atomic E-state index is 0.274. The fourth-order valence-electron chi connectivity index (χ4n) is 2.25. The molecule has 0 unspecified atom stereocenters. The molecule has 1 aliphatic carbocycles. The van der Waals surface area contributed by atoms with Crippen molar-refractivity contribution in [2.24, 2.45) is 5.92 Å². The van der Waals surface area contributed by atoms with E-state index in [1.165, 1.54) is 11.1 Å². The Hall–Kier alpha value is -1.33. The molecule has 0 heterocycles. The lowest BCUT2D eigenvalue weighted by Gasteiger charge is -2.11. The summed E-state index contributed by atoms with van der Waals surface area (Å²) in [5, 5.41) is 12.4. The van der Waals surface area contributed by atoms with E-state index in [4.69, 9.17) is 5.26 Å². The first kappa shape index (κ1) is 11.2. The van der Waals surface area contributed by atoms with E-state index in [2.05, 4.69) is 42.6 Å². The van der Waals surface area contributed by atoms with Crippen LogP contribution in [0.15, 0.2) is 24.3 Å². The van der Waals surface area contributed by atoms with Crippen LogP contribution in [0.4, 0.5) is 0 Å². The Labute approximate surface area is 97.3 Å². The van der Waals surface area contributed by atoms with Gasteiger partial charge in [-0.25, -0.2) is 0 Å². The molecule has 2 atom stereocenters. The highest BCUT2D eigenvalue weighted by Crippen LogP contribution is 2.24. The molecule has 1 fully saturated rings. The number of nitrogens with zero attached hydrogens (tertiary/aromatic N) is 1. The first-order valence-electron chi connectivity index (χ1n) is 5.96. The summed E-state index contributed by atoms with van der Waals surface area (Å²) in [4.78, 5) is 0. The number of aryl methyl sites for hydroxylation is 1. The lowest BCUT2D eigenvalue weighted by Crippen LogP contribution is -2.25. The summed E-state index contributed by atoms with van der Waals surface area (Å²) in [7, 11) is 0. The predicted octanol–water partition coefficient (Wildman–Crippen LogP) is 2.78. The van der Waals surface area contributed by atoms with Crippen LogP contribution < -0.4 is 5.32 Å². The van der Waals surface area contributed by atoms with Gasteiger partial charge in [0.2, 0.25) is 0 Å². The van der Waals surface area contributed by atoms with Gasteiger partial charge in [0.1, 0.15) is 0 Å². The van der Waals surface area contributed by atoms with Crippen LogP contribution >= 0.6 is 0 Å². The molecule has 1 aromatic rings. The molecule has 1 aromatic carbocycles. The molecule has 0 aliphatic heterocycles. The van der Waals surface area contributed by atoms with Gasteiger partial charge in [0, 0.05) is 18.5 Å². The Morgan fingerprint density at radius 3 is 2.69 bits per heavy atom. The van der Waals surface area contributed by atoms with Crippen molar-refractivity contribution >= 4 is 0 Å². The summed E-state index contributed by atoms with van der Waals surface area (Å²) in [5.74, 6) is 0.274. The van der Waals surface area contributed by atoms with Crippen LogP contribution in [0.2, 0.25) is 0 Å². The summed E-state index contributed by atoms with van der Waals surface area (Å²) in [6, 6.07) is 11.5. The molecule has 0 bridgehead atoms. The second kappa shape index (κ2) is 5.14. The van der Waals surface area contributed by atoms with Gasteiger partial charge in [-0.3, -0.25) is 0 Å². The fraction of sp³-hybridized carbons (Fsp3) is 0.500. The Morgan fingerprint density at radius 1 is 1.31 bits per heavy atom. The minimum atomic E-state index is 0.274. The third kappa shape index (κ3) is 2.84. The van der Waals surface area contributed by atoms with Crippen molar-refractivity contribution in [2.45, 2.75) is 38.8 Å². The van der Waals surface area contributed by atoms with Gasteiger partial charge in [-0.1, -0.05) is 29.8 Å². The van der Waals surface area contributed by atoms with Gasteiger partial charge < -0.3 is 5.32 Å². The summed E-state index contributed by atoms with van der Waals surface area (Å²) in [5.41, 5.74) is 2.63. The molecule has 0 amide bonds. The Bertz CT molecular complexity index is 375. The van der Waals surface area contributed by atoms with E-state index < -0.39 is 0 Å². The zero-order valence-corrected chi connectivity index (χ0v) is 9.74. The first-order chi connectivity index (χ1) is 7.78. The first-order valence-corrected chi connectivity index (χ1v) is 5.96. The van der Waals surface area contributed by atoms with Crippen molar-refractivity contribution in [3.8, 4) is 6.07 Å². The van der Waals surface area contributed by atoms with Gasteiger partial charge in [0.15, 0.2) is 0 Å². The van der Waals surface area contributed by atoms with Crippen LogP contribution in [0.25, 0.3) is 0 Å². The smallest absolute Gasteiger partial charge is 0.0656 e. The SMILES string of the molecule is Cc1ccc(CN[C@H]2CC[C@@H](C#N)C2)cc1. The van der Waals surface area contributed by atoms with Crippen molar-refractivity contribution < 1.29 is 0 Å². The van der Waals surface area contributed by atoms with E-state index >= 15 is 0 Å². The maximum atomic E-state index is 8.82. The number of hydrogen-bond acceptors (Lipinski definition) is 2. The summed E-state index contributed by atoms with van der Waals surface area (Å²) in [6.45, 7) is 3.02. The highest BCUT2D eigenvalue weighted by Gasteiger charge is 2.23. The van der Waals surface area contributed by atoms with Crippen molar-refractivity contribution in [1.82, 2.24) is 5.32 Å². The predicted molar refractivity (Wildman–Crippen MR) is 64.8 cm³/mol. The van der Waals surface area contributed by atoms with Gasteiger partial charge in [-0.2, -0.15) is 5.26 Å². The van der Waals surface area contributed by atoms with E-state index in [1.807, 2.05) is 0 Å². The summed E-state index contributed by atoms with van der Waals surface area (Å²) >= 11 is 0. The van der Waals surface area contributed by atoms with Gasteiger partial charge >= 0.3 is 0 Å². The molecule has 1 saturated carbocycles. The molecule has 1 aliphatic rings. The lowest BCUT2D eigenvalue weighted by atomic mass is 10.1. The molecular weight excluding hydrogens is 196 g/mol. The summed E-state index contributed by atoms with van der Waals surface area (Å²) in [6.07, 6.45) is 3.22. The third-order valence-corrected chi connectivity index (χ3v) is 3.33. The van der Waals surface area contributed by atoms with E-state index in [0.717, 1.165) is 25.8 Å². The maximum absolute atomic E-state index is 8.82. The highest BCUT2D eigenvalue weighted by atomic mass is 14.9. The van der Waals surface area contributed by atoms with Crippen LogP contribution in [0.3, 0.4) is 0 Å². The largest absolute Gasteiger partial charge is 0.310 e. The molecule has 0 aromatic heterocycles. The third-order valence-electron chi connectivity index (χ3n) is 3.33.